The minimum Gasteiger partial charge on any atom is -0.491 e. The molecule has 2 aromatic rings. The Morgan fingerprint density at radius 2 is 1.74 bits per heavy atom. The van der Waals surface area contributed by atoms with Gasteiger partial charge in [0.1, 0.15) is 5.75 Å². The van der Waals surface area contributed by atoms with E-state index in [2.05, 4.69) is 5.32 Å². The van der Waals surface area contributed by atoms with E-state index in [1.165, 1.54) is 0 Å². The average Bonchev–Trinajstić information content (AvgIpc) is 2.39. The lowest BCUT2D eigenvalue weighted by Gasteiger charge is -2.11. The molecule has 0 saturated carbocycles. The van der Waals surface area contributed by atoms with E-state index in [0.29, 0.717) is 0 Å². The first-order valence-corrected chi connectivity index (χ1v) is 6.49. The summed E-state index contributed by atoms with van der Waals surface area (Å²) >= 11 is 0. The zero-order valence-corrected chi connectivity index (χ0v) is 11.4. The molecule has 3 N–H and O–H groups in total. The minimum absolute atomic E-state index is 0.197. The van der Waals surface area contributed by atoms with E-state index in [1.807, 2.05) is 62.4 Å². The number of hydrogen-bond acceptors (Lipinski definition) is 3. The molecule has 0 radical (unpaired) electrons. The maximum atomic E-state index is 5.90. The van der Waals surface area contributed by atoms with E-state index in [0.717, 1.165) is 29.2 Å². The van der Waals surface area contributed by atoms with Gasteiger partial charge in [0.2, 0.25) is 0 Å². The minimum atomic E-state index is 0.197. The Hall–Kier alpha value is -2.16. The molecule has 3 nitrogen and oxygen atoms in total. The van der Waals surface area contributed by atoms with Gasteiger partial charge in [-0.3, -0.25) is 0 Å². The number of hydrogen-bond donors (Lipinski definition) is 2. The summed E-state index contributed by atoms with van der Waals surface area (Å²) in [5, 5.41) is 3.35. The van der Waals surface area contributed by atoms with Gasteiger partial charge in [-0.25, -0.2) is 0 Å². The maximum absolute atomic E-state index is 5.90. The van der Waals surface area contributed by atoms with Crippen molar-refractivity contribution in [1.82, 2.24) is 0 Å². The van der Waals surface area contributed by atoms with Gasteiger partial charge in [-0.15, -0.1) is 0 Å². The van der Waals surface area contributed by atoms with Crippen molar-refractivity contribution in [1.29, 1.82) is 0 Å². The lowest BCUT2D eigenvalue weighted by Crippen LogP contribution is -2.06. The van der Waals surface area contributed by atoms with Crippen LogP contribution in [0.4, 0.5) is 11.4 Å². The third kappa shape index (κ3) is 3.91. The van der Waals surface area contributed by atoms with Gasteiger partial charge in [-0.1, -0.05) is 18.2 Å². The number of benzene rings is 2. The molecular weight excluding hydrogens is 236 g/mol. The quantitative estimate of drug-likeness (QED) is 0.802. The van der Waals surface area contributed by atoms with Gasteiger partial charge in [0.25, 0.3) is 0 Å². The van der Waals surface area contributed by atoms with Crippen molar-refractivity contribution in [3.8, 4) is 5.75 Å². The second kappa shape index (κ2) is 6.14. The summed E-state index contributed by atoms with van der Waals surface area (Å²) in [7, 11) is 0. The molecular formula is C16H20N2O. The first-order chi connectivity index (χ1) is 9.15. The van der Waals surface area contributed by atoms with Crippen LogP contribution < -0.4 is 15.8 Å². The Bertz CT molecular complexity index is 521. The molecule has 3 heteroatoms. The van der Waals surface area contributed by atoms with Crippen molar-refractivity contribution in [2.75, 3.05) is 11.1 Å². The fraction of sp³-hybridized carbons (Fsp3) is 0.250. The lowest BCUT2D eigenvalue weighted by atomic mass is 10.2. The van der Waals surface area contributed by atoms with Crippen LogP contribution in [0.5, 0.6) is 5.75 Å². The Labute approximate surface area is 114 Å². The molecule has 0 bridgehead atoms. The van der Waals surface area contributed by atoms with Gasteiger partial charge in [-0.05, 0) is 49.7 Å². The highest BCUT2D eigenvalue weighted by molar-refractivity contribution is 5.51. The number of rotatable bonds is 5. The van der Waals surface area contributed by atoms with Crippen molar-refractivity contribution < 1.29 is 4.74 Å². The summed E-state index contributed by atoms with van der Waals surface area (Å²) in [6, 6.07) is 15.8. The van der Waals surface area contributed by atoms with Gasteiger partial charge in [-0.2, -0.15) is 0 Å². The molecule has 0 aliphatic heterocycles. The van der Waals surface area contributed by atoms with Crippen LogP contribution in [0.15, 0.2) is 48.5 Å². The molecule has 0 aromatic heterocycles. The van der Waals surface area contributed by atoms with Crippen molar-refractivity contribution in [2.45, 2.75) is 26.5 Å². The second-order valence-electron chi connectivity index (χ2n) is 4.74. The van der Waals surface area contributed by atoms with Gasteiger partial charge in [0.05, 0.1) is 6.10 Å². The van der Waals surface area contributed by atoms with Crippen LogP contribution in [0.2, 0.25) is 0 Å². The number of ether oxygens (including phenoxy) is 1. The van der Waals surface area contributed by atoms with Crippen LogP contribution >= 0.6 is 0 Å². The van der Waals surface area contributed by atoms with Gasteiger partial charge < -0.3 is 15.8 Å². The third-order valence-electron chi connectivity index (χ3n) is 2.76. The van der Waals surface area contributed by atoms with Crippen LogP contribution in [-0.4, -0.2) is 6.10 Å². The summed E-state index contributed by atoms with van der Waals surface area (Å²) in [6.07, 6.45) is 0.197. The van der Waals surface area contributed by atoms with E-state index >= 15 is 0 Å². The topological polar surface area (TPSA) is 47.3 Å². The van der Waals surface area contributed by atoms with Crippen molar-refractivity contribution >= 4 is 11.4 Å². The van der Waals surface area contributed by atoms with Crippen molar-refractivity contribution in [3.63, 3.8) is 0 Å². The summed E-state index contributed by atoms with van der Waals surface area (Å²) < 4.78 is 5.60. The summed E-state index contributed by atoms with van der Waals surface area (Å²) in [6.45, 7) is 4.76. The zero-order valence-electron chi connectivity index (χ0n) is 11.4. The highest BCUT2D eigenvalue weighted by atomic mass is 16.5. The smallest absolute Gasteiger partial charge is 0.119 e. The first-order valence-electron chi connectivity index (χ1n) is 6.49. The highest BCUT2D eigenvalue weighted by Gasteiger charge is 2.00. The van der Waals surface area contributed by atoms with Gasteiger partial charge >= 0.3 is 0 Å². The third-order valence-corrected chi connectivity index (χ3v) is 2.76. The predicted molar refractivity (Wildman–Crippen MR) is 80.4 cm³/mol. The first kappa shape index (κ1) is 13.3. The fourth-order valence-corrected chi connectivity index (χ4v) is 1.82. The van der Waals surface area contributed by atoms with Crippen LogP contribution in [0, 0.1) is 0 Å². The fourth-order valence-electron chi connectivity index (χ4n) is 1.82. The van der Waals surface area contributed by atoms with Crippen molar-refractivity contribution in [2.24, 2.45) is 0 Å². The van der Waals surface area contributed by atoms with Crippen LogP contribution in [0.25, 0.3) is 0 Å². The molecule has 0 atom stereocenters. The highest BCUT2D eigenvalue weighted by Crippen LogP contribution is 2.18. The molecule has 19 heavy (non-hydrogen) atoms. The monoisotopic (exact) mass is 256 g/mol. The Morgan fingerprint density at radius 1 is 1.05 bits per heavy atom. The van der Waals surface area contributed by atoms with Crippen LogP contribution in [0.1, 0.15) is 19.4 Å². The van der Waals surface area contributed by atoms with Gasteiger partial charge in [0, 0.05) is 17.9 Å². The molecule has 2 aromatic carbocycles. The Kier molecular flexibility index (Phi) is 4.29. The van der Waals surface area contributed by atoms with E-state index in [1.54, 1.807) is 0 Å². The molecule has 0 amide bonds. The van der Waals surface area contributed by atoms with E-state index < -0.39 is 0 Å². The zero-order chi connectivity index (χ0) is 13.7. The predicted octanol–water partition coefficient (Wildman–Crippen LogP) is 3.67. The molecule has 0 unspecified atom stereocenters. The van der Waals surface area contributed by atoms with Crippen molar-refractivity contribution in [3.05, 3.63) is 54.1 Å². The number of anilines is 2. The number of nitrogens with one attached hydrogen (secondary N) is 1. The van der Waals surface area contributed by atoms with E-state index in [-0.39, 0.29) is 6.10 Å². The summed E-state index contributed by atoms with van der Waals surface area (Å²) in [5.41, 5.74) is 8.88. The largest absolute Gasteiger partial charge is 0.491 e. The molecule has 0 fully saturated rings. The standard InChI is InChI=1S/C16H20N2O/c1-12(2)19-15-9-7-14(8-10-15)18-11-13-5-3-4-6-16(13)17/h3-10,12,18H,11,17H2,1-2H3. The second-order valence-corrected chi connectivity index (χ2v) is 4.74. The summed E-state index contributed by atoms with van der Waals surface area (Å²) in [4.78, 5) is 0. The summed E-state index contributed by atoms with van der Waals surface area (Å²) in [5.74, 6) is 0.889. The molecule has 0 aliphatic carbocycles. The molecule has 100 valence electrons. The molecule has 2 rings (SSSR count). The van der Waals surface area contributed by atoms with Crippen LogP contribution in [0.3, 0.4) is 0 Å². The Morgan fingerprint density at radius 3 is 2.37 bits per heavy atom. The van der Waals surface area contributed by atoms with Gasteiger partial charge in [0.15, 0.2) is 0 Å². The molecule has 0 saturated heterocycles. The molecule has 0 heterocycles. The number of para-hydroxylation sites is 1. The molecule has 0 aliphatic rings. The van der Waals surface area contributed by atoms with E-state index in [4.69, 9.17) is 10.5 Å². The normalized spacial score (nSPS) is 10.5. The van der Waals surface area contributed by atoms with E-state index in [9.17, 15) is 0 Å². The average molecular weight is 256 g/mol. The number of nitrogens with two attached hydrogens (primary N) is 1. The lowest BCUT2D eigenvalue weighted by molar-refractivity contribution is 0.242. The maximum Gasteiger partial charge on any atom is 0.119 e. The number of nitrogen functional groups attached to an aromatic ring is 1. The Balaban J connectivity index is 1.95. The SMILES string of the molecule is CC(C)Oc1ccc(NCc2ccccc2N)cc1. The molecule has 0 spiro atoms. The van der Waals surface area contributed by atoms with Crippen LogP contribution in [-0.2, 0) is 6.54 Å².